The summed E-state index contributed by atoms with van der Waals surface area (Å²) in [6.45, 7) is 7.48. The average molecular weight is 295 g/mol. The lowest BCUT2D eigenvalue weighted by Crippen LogP contribution is -2.38. The van der Waals surface area contributed by atoms with Crippen LogP contribution in [0.4, 0.5) is 5.13 Å². The maximum absolute atomic E-state index is 6.14. The summed E-state index contributed by atoms with van der Waals surface area (Å²) in [5.41, 5.74) is 0.177. The van der Waals surface area contributed by atoms with Gasteiger partial charge in [0.1, 0.15) is 5.60 Å². The third-order valence-electron chi connectivity index (χ3n) is 4.57. The molecule has 2 aliphatic carbocycles. The van der Waals surface area contributed by atoms with Gasteiger partial charge in [-0.3, -0.25) is 0 Å². The minimum absolute atomic E-state index is 0.246. The van der Waals surface area contributed by atoms with E-state index < -0.39 is 0 Å². The van der Waals surface area contributed by atoms with Gasteiger partial charge >= 0.3 is 0 Å². The Morgan fingerprint density at radius 2 is 1.95 bits per heavy atom. The Balaban J connectivity index is 1.77. The highest BCUT2D eigenvalue weighted by Crippen LogP contribution is 2.47. The zero-order chi connectivity index (χ0) is 14.2. The van der Waals surface area contributed by atoms with Gasteiger partial charge in [-0.15, -0.1) is 0 Å². The lowest BCUT2D eigenvalue weighted by atomic mass is 9.70. The Kier molecular flexibility index (Phi) is 3.75. The number of nitrogens with zero attached hydrogens (tertiary/aromatic N) is 2. The van der Waals surface area contributed by atoms with Crippen molar-refractivity contribution in [2.75, 3.05) is 11.9 Å². The predicted octanol–water partition coefficient (Wildman–Crippen LogP) is 3.94. The number of anilines is 1. The van der Waals surface area contributed by atoms with Gasteiger partial charge in [-0.2, -0.15) is 4.37 Å². The summed E-state index contributed by atoms with van der Waals surface area (Å²) in [6.07, 6.45) is 6.95. The lowest BCUT2D eigenvalue weighted by Gasteiger charge is -2.41. The van der Waals surface area contributed by atoms with Gasteiger partial charge in [0.05, 0.1) is 0 Å². The lowest BCUT2D eigenvalue weighted by molar-refractivity contribution is -0.0940. The molecule has 2 fully saturated rings. The van der Waals surface area contributed by atoms with Gasteiger partial charge in [0.15, 0.2) is 5.82 Å². The maximum atomic E-state index is 6.14. The maximum Gasteiger partial charge on any atom is 0.202 e. The summed E-state index contributed by atoms with van der Waals surface area (Å²) in [5.74, 6) is 0.906. The molecule has 0 amide bonds. The standard InChI is InChI=1S/C15H25N3OS/c1-4-19-15(9-7-14(2,3)8-10-15)12-17-13(20-18-12)16-11-5-6-11/h11H,4-10H2,1-3H3,(H,16,17,18). The van der Waals surface area contributed by atoms with Crippen LogP contribution < -0.4 is 5.32 Å². The number of aromatic nitrogens is 2. The van der Waals surface area contributed by atoms with E-state index in [4.69, 9.17) is 9.72 Å². The largest absolute Gasteiger partial charge is 0.367 e. The van der Waals surface area contributed by atoms with Crippen LogP contribution in [-0.4, -0.2) is 22.0 Å². The third-order valence-corrected chi connectivity index (χ3v) is 5.22. The van der Waals surface area contributed by atoms with Crippen LogP contribution in [0.5, 0.6) is 0 Å². The van der Waals surface area contributed by atoms with Crippen LogP contribution in [0.25, 0.3) is 0 Å². The van der Waals surface area contributed by atoms with Crippen molar-refractivity contribution in [3.8, 4) is 0 Å². The molecule has 1 N–H and O–H groups in total. The van der Waals surface area contributed by atoms with Crippen LogP contribution in [0.1, 0.15) is 65.1 Å². The predicted molar refractivity (Wildman–Crippen MR) is 82.1 cm³/mol. The van der Waals surface area contributed by atoms with Crippen molar-refractivity contribution in [3.05, 3.63) is 5.82 Å². The highest BCUT2D eigenvalue weighted by atomic mass is 32.1. The van der Waals surface area contributed by atoms with Crippen LogP contribution >= 0.6 is 11.5 Å². The molecule has 0 spiro atoms. The van der Waals surface area contributed by atoms with Gasteiger partial charge in [-0.05, 0) is 50.9 Å². The molecule has 112 valence electrons. The summed E-state index contributed by atoms with van der Waals surface area (Å²) >= 11 is 1.48. The van der Waals surface area contributed by atoms with Crippen LogP contribution in [0.3, 0.4) is 0 Å². The molecule has 1 aromatic heterocycles. The minimum Gasteiger partial charge on any atom is -0.367 e. The minimum atomic E-state index is -0.246. The highest BCUT2D eigenvalue weighted by Gasteiger charge is 2.43. The van der Waals surface area contributed by atoms with E-state index in [2.05, 4.69) is 30.5 Å². The first kappa shape index (κ1) is 14.3. The van der Waals surface area contributed by atoms with E-state index >= 15 is 0 Å². The number of hydrogen-bond donors (Lipinski definition) is 1. The Morgan fingerprint density at radius 3 is 2.55 bits per heavy atom. The molecule has 3 rings (SSSR count). The Labute approximate surface area is 125 Å². The summed E-state index contributed by atoms with van der Waals surface area (Å²) in [5, 5.41) is 4.40. The van der Waals surface area contributed by atoms with E-state index in [1.54, 1.807) is 0 Å². The summed E-state index contributed by atoms with van der Waals surface area (Å²) < 4.78 is 10.7. The average Bonchev–Trinajstić information content (AvgIpc) is 3.08. The van der Waals surface area contributed by atoms with Crippen LogP contribution in [0.15, 0.2) is 0 Å². The van der Waals surface area contributed by atoms with Gasteiger partial charge in [-0.25, -0.2) is 4.98 Å². The van der Waals surface area contributed by atoms with Crippen LogP contribution in [-0.2, 0) is 10.3 Å². The zero-order valence-electron chi connectivity index (χ0n) is 12.7. The molecule has 2 aliphatic rings. The smallest absolute Gasteiger partial charge is 0.202 e. The van der Waals surface area contributed by atoms with Crippen molar-refractivity contribution in [2.24, 2.45) is 5.41 Å². The second kappa shape index (κ2) is 5.26. The summed E-state index contributed by atoms with van der Waals surface area (Å²) in [4.78, 5) is 4.72. The Bertz CT molecular complexity index is 457. The van der Waals surface area contributed by atoms with E-state index in [0.29, 0.717) is 11.5 Å². The second-order valence-corrected chi connectivity index (χ2v) is 7.69. The van der Waals surface area contributed by atoms with Crippen molar-refractivity contribution in [1.29, 1.82) is 0 Å². The molecule has 2 saturated carbocycles. The number of nitrogens with one attached hydrogen (secondary N) is 1. The Hall–Kier alpha value is -0.680. The molecule has 0 bridgehead atoms. The number of ether oxygens (including phenoxy) is 1. The molecule has 0 atom stereocenters. The van der Waals surface area contributed by atoms with Crippen molar-refractivity contribution in [2.45, 2.75) is 70.9 Å². The second-order valence-electron chi connectivity index (χ2n) is 6.93. The monoisotopic (exact) mass is 295 g/mol. The molecule has 0 aliphatic heterocycles. The number of rotatable bonds is 5. The van der Waals surface area contributed by atoms with E-state index in [9.17, 15) is 0 Å². The fourth-order valence-corrected chi connectivity index (χ4v) is 3.64. The number of hydrogen-bond acceptors (Lipinski definition) is 5. The van der Waals surface area contributed by atoms with Crippen molar-refractivity contribution in [3.63, 3.8) is 0 Å². The van der Waals surface area contributed by atoms with E-state index in [-0.39, 0.29) is 5.60 Å². The Morgan fingerprint density at radius 1 is 1.25 bits per heavy atom. The first-order valence-corrected chi connectivity index (χ1v) is 8.55. The fourth-order valence-electron chi connectivity index (χ4n) is 2.91. The SMILES string of the molecule is CCOC1(c2nsc(NC3CC3)n2)CCC(C)(C)CC1. The molecule has 20 heavy (non-hydrogen) atoms. The van der Waals surface area contributed by atoms with Gasteiger partial charge in [0, 0.05) is 24.2 Å². The molecular formula is C15H25N3OS. The quantitative estimate of drug-likeness (QED) is 0.893. The molecule has 0 radical (unpaired) electrons. The van der Waals surface area contributed by atoms with E-state index in [0.717, 1.165) is 30.4 Å². The molecule has 0 aromatic carbocycles. The molecule has 0 saturated heterocycles. The molecule has 4 nitrogen and oxygen atoms in total. The molecule has 5 heteroatoms. The van der Waals surface area contributed by atoms with Crippen LogP contribution in [0, 0.1) is 5.41 Å². The third kappa shape index (κ3) is 2.98. The van der Waals surface area contributed by atoms with Gasteiger partial charge in [0.2, 0.25) is 5.13 Å². The van der Waals surface area contributed by atoms with Gasteiger partial charge in [-0.1, -0.05) is 13.8 Å². The topological polar surface area (TPSA) is 47.0 Å². The van der Waals surface area contributed by atoms with Crippen molar-refractivity contribution in [1.82, 2.24) is 9.36 Å². The van der Waals surface area contributed by atoms with Crippen molar-refractivity contribution < 1.29 is 4.74 Å². The fraction of sp³-hybridized carbons (Fsp3) is 0.867. The van der Waals surface area contributed by atoms with E-state index in [1.807, 2.05) is 0 Å². The molecule has 1 heterocycles. The van der Waals surface area contributed by atoms with Gasteiger partial charge < -0.3 is 10.1 Å². The van der Waals surface area contributed by atoms with Crippen molar-refractivity contribution >= 4 is 16.7 Å². The first-order chi connectivity index (χ1) is 9.53. The van der Waals surface area contributed by atoms with E-state index in [1.165, 1.54) is 37.2 Å². The normalized spacial score (nSPS) is 24.6. The molecule has 1 aromatic rings. The van der Waals surface area contributed by atoms with Gasteiger partial charge in [0.25, 0.3) is 0 Å². The first-order valence-electron chi connectivity index (χ1n) is 7.78. The zero-order valence-corrected chi connectivity index (χ0v) is 13.6. The molecular weight excluding hydrogens is 270 g/mol. The highest BCUT2D eigenvalue weighted by molar-refractivity contribution is 7.09. The summed E-state index contributed by atoms with van der Waals surface area (Å²) in [6, 6.07) is 0.629. The summed E-state index contributed by atoms with van der Waals surface area (Å²) in [7, 11) is 0. The molecule has 0 unspecified atom stereocenters. The van der Waals surface area contributed by atoms with Crippen LogP contribution in [0.2, 0.25) is 0 Å².